The smallest absolute Gasteiger partial charge is 0.270 e. The van der Waals surface area contributed by atoms with E-state index in [1.165, 1.54) is 6.07 Å². The van der Waals surface area contributed by atoms with Crippen LogP contribution in [0.15, 0.2) is 41.4 Å². The Morgan fingerprint density at radius 1 is 1.20 bits per heavy atom. The van der Waals surface area contributed by atoms with Gasteiger partial charge in [0, 0.05) is 11.6 Å². The van der Waals surface area contributed by atoms with Crippen LogP contribution in [-0.2, 0) is 14.3 Å². The standard InChI is InChI=1S/C10H9NO3S/c1-14-15(12,13)9-6-2-4-8-5-3-7-11-10(8)9/h2-7H,1H3. The molecule has 0 aliphatic carbocycles. The molecule has 15 heavy (non-hydrogen) atoms. The summed E-state index contributed by atoms with van der Waals surface area (Å²) in [7, 11) is -2.55. The Bertz CT molecular complexity index is 587. The minimum Gasteiger partial charge on any atom is -0.270 e. The number of fused-ring (bicyclic) bond motifs is 1. The first kappa shape index (κ1) is 10.1. The molecule has 1 aromatic carbocycles. The minimum absolute atomic E-state index is 0.100. The van der Waals surface area contributed by atoms with Gasteiger partial charge in [0.15, 0.2) is 0 Å². The van der Waals surface area contributed by atoms with Crippen LogP contribution >= 0.6 is 0 Å². The number of para-hydroxylation sites is 1. The van der Waals surface area contributed by atoms with E-state index >= 15 is 0 Å². The number of hydrogen-bond acceptors (Lipinski definition) is 4. The van der Waals surface area contributed by atoms with Gasteiger partial charge in [0.1, 0.15) is 4.90 Å². The highest BCUT2D eigenvalue weighted by Crippen LogP contribution is 2.21. The van der Waals surface area contributed by atoms with E-state index in [-0.39, 0.29) is 4.90 Å². The number of nitrogens with zero attached hydrogens (tertiary/aromatic N) is 1. The van der Waals surface area contributed by atoms with Crippen molar-refractivity contribution in [2.75, 3.05) is 7.11 Å². The fraction of sp³-hybridized carbons (Fsp3) is 0.100. The lowest BCUT2D eigenvalue weighted by atomic mass is 10.2. The van der Waals surface area contributed by atoms with E-state index in [9.17, 15) is 8.42 Å². The van der Waals surface area contributed by atoms with Gasteiger partial charge in [-0.2, -0.15) is 8.42 Å². The Labute approximate surface area is 87.6 Å². The Morgan fingerprint density at radius 3 is 2.67 bits per heavy atom. The van der Waals surface area contributed by atoms with Crippen molar-refractivity contribution in [1.29, 1.82) is 0 Å². The lowest BCUT2D eigenvalue weighted by Gasteiger charge is -2.04. The predicted molar refractivity (Wildman–Crippen MR) is 55.9 cm³/mol. The Morgan fingerprint density at radius 2 is 1.93 bits per heavy atom. The first-order chi connectivity index (χ1) is 7.15. The Balaban J connectivity index is 2.83. The highest BCUT2D eigenvalue weighted by Gasteiger charge is 2.16. The fourth-order valence-corrected chi connectivity index (χ4v) is 2.20. The molecule has 1 heterocycles. The molecule has 1 aromatic heterocycles. The van der Waals surface area contributed by atoms with E-state index in [0.717, 1.165) is 12.5 Å². The van der Waals surface area contributed by atoms with Gasteiger partial charge >= 0.3 is 0 Å². The maximum absolute atomic E-state index is 11.6. The molecule has 4 nitrogen and oxygen atoms in total. The molecule has 2 aromatic rings. The molecular formula is C10H9NO3S. The second-order valence-electron chi connectivity index (χ2n) is 2.95. The van der Waals surface area contributed by atoms with Gasteiger partial charge in [-0.05, 0) is 12.1 Å². The van der Waals surface area contributed by atoms with Crippen molar-refractivity contribution in [1.82, 2.24) is 4.98 Å². The third-order valence-corrected chi connectivity index (χ3v) is 3.39. The summed E-state index contributed by atoms with van der Waals surface area (Å²) < 4.78 is 27.6. The number of hydrogen-bond donors (Lipinski definition) is 0. The molecule has 0 radical (unpaired) electrons. The van der Waals surface area contributed by atoms with E-state index < -0.39 is 10.1 Å². The van der Waals surface area contributed by atoms with Gasteiger partial charge in [0.2, 0.25) is 0 Å². The van der Waals surface area contributed by atoms with Crippen molar-refractivity contribution in [3.63, 3.8) is 0 Å². The molecule has 0 bridgehead atoms. The van der Waals surface area contributed by atoms with E-state index in [4.69, 9.17) is 0 Å². The molecule has 78 valence electrons. The topological polar surface area (TPSA) is 56.3 Å². The second-order valence-corrected chi connectivity index (χ2v) is 4.63. The van der Waals surface area contributed by atoms with Gasteiger partial charge in [-0.3, -0.25) is 9.17 Å². The van der Waals surface area contributed by atoms with Crippen molar-refractivity contribution < 1.29 is 12.6 Å². The summed E-state index contributed by atoms with van der Waals surface area (Å²) in [5, 5.41) is 0.774. The van der Waals surface area contributed by atoms with Gasteiger partial charge in [-0.25, -0.2) is 0 Å². The van der Waals surface area contributed by atoms with Gasteiger partial charge in [-0.1, -0.05) is 18.2 Å². The highest BCUT2D eigenvalue weighted by molar-refractivity contribution is 7.87. The van der Waals surface area contributed by atoms with Crippen molar-refractivity contribution in [2.24, 2.45) is 0 Å². The van der Waals surface area contributed by atoms with Crippen LogP contribution in [0.5, 0.6) is 0 Å². The van der Waals surface area contributed by atoms with Crippen LogP contribution in [-0.4, -0.2) is 20.5 Å². The molecule has 0 N–H and O–H groups in total. The van der Waals surface area contributed by atoms with Gasteiger partial charge in [0.25, 0.3) is 10.1 Å². The SMILES string of the molecule is COS(=O)(=O)c1cccc2cccnc12. The zero-order chi connectivity index (χ0) is 10.9. The van der Waals surface area contributed by atoms with Crippen molar-refractivity contribution >= 4 is 21.0 Å². The molecule has 0 atom stereocenters. The molecule has 0 spiro atoms. The lowest BCUT2D eigenvalue weighted by molar-refractivity contribution is 0.398. The zero-order valence-electron chi connectivity index (χ0n) is 8.04. The summed E-state index contributed by atoms with van der Waals surface area (Å²) in [5.74, 6) is 0. The summed E-state index contributed by atoms with van der Waals surface area (Å²) >= 11 is 0. The molecule has 0 fully saturated rings. The third kappa shape index (κ3) is 1.71. The van der Waals surface area contributed by atoms with E-state index in [2.05, 4.69) is 9.17 Å². The summed E-state index contributed by atoms with van der Waals surface area (Å²) in [6.07, 6.45) is 1.55. The summed E-state index contributed by atoms with van der Waals surface area (Å²) in [6, 6.07) is 8.50. The normalized spacial score (nSPS) is 11.8. The molecule has 0 amide bonds. The fourth-order valence-electron chi connectivity index (χ4n) is 1.37. The lowest BCUT2D eigenvalue weighted by Crippen LogP contribution is -2.04. The average Bonchev–Trinajstić information content (AvgIpc) is 2.28. The van der Waals surface area contributed by atoms with Crippen LogP contribution in [0.3, 0.4) is 0 Å². The zero-order valence-corrected chi connectivity index (χ0v) is 8.86. The second kappa shape index (κ2) is 3.60. The highest BCUT2D eigenvalue weighted by atomic mass is 32.2. The van der Waals surface area contributed by atoms with Crippen LogP contribution in [0.1, 0.15) is 0 Å². The largest absolute Gasteiger partial charge is 0.298 e. The van der Waals surface area contributed by atoms with Crippen LogP contribution in [0.2, 0.25) is 0 Å². The van der Waals surface area contributed by atoms with Crippen LogP contribution in [0, 0.1) is 0 Å². The Hall–Kier alpha value is -1.46. The molecule has 0 unspecified atom stereocenters. The van der Waals surface area contributed by atoms with Gasteiger partial charge in [0.05, 0.1) is 12.6 Å². The average molecular weight is 223 g/mol. The predicted octanol–water partition coefficient (Wildman–Crippen LogP) is 1.57. The maximum Gasteiger partial charge on any atom is 0.298 e. The number of aromatic nitrogens is 1. The first-order valence-corrected chi connectivity index (χ1v) is 5.70. The van der Waals surface area contributed by atoms with E-state index in [1.54, 1.807) is 30.5 Å². The number of benzene rings is 1. The molecule has 5 heteroatoms. The van der Waals surface area contributed by atoms with Crippen molar-refractivity contribution in [3.8, 4) is 0 Å². The van der Waals surface area contributed by atoms with E-state index in [0.29, 0.717) is 5.52 Å². The maximum atomic E-state index is 11.6. The number of rotatable bonds is 2. The van der Waals surface area contributed by atoms with Gasteiger partial charge < -0.3 is 0 Å². The third-order valence-electron chi connectivity index (χ3n) is 2.08. The molecular weight excluding hydrogens is 214 g/mol. The summed E-state index contributed by atoms with van der Waals surface area (Å²) in [6.45, 7) is 0. The molecule has 0 aliphatic rings. The van der Waals surface area contributed by atoms with Crippen molar-refractivity contribution in [3.05, 3.63) is 36.5 Å². The van der Waals surface area contributed by atoms with Crippen molar-refractivity contribution in [2.45, 2.75) is 4.90 Å². The number of pyridine rings is 1. The molecule has 0 aliphatic heterocycles. The Kier molecular flexibility index (Phi) is 2.42. The molecule has 2 rings (SSSR count). The van der Waals surface area contributed by atoms with Gasteiger partial charge in [-0.15, -0.1) is 0 Å². The van der Waals surface area contributed by atoms with E-state index in [1.807, 2.05) is 0 Å². The van der Waals surface area contributed by atoms with Crippen LogP contribution < -0.4 is 0 Å². The molecule has 0 saturated carbocycles. The summed E-state index contributed by atoms with van der Waals surface area (Å²) in [4.78, 5) is 4.14. The minimum atomic E-state index is -3.69. The molecule has 0 saturated heterocycles. The monoisotopic (exact) mass is 223 g/mol. The van der Waals surface area contributed by atoms with Crippen LogP contribution in [0.25, 0.3) is 10.9 Å². The quantitative estimate of drug-likeness (QED) is 0.725. The van der Waals surface area contributed by atoms with Crippen LogP contribution in [0.4, 0.5) is 0 Å². The summed E-state index contributed by atoms with van der Waals surface area (Å²) in [5.41, 5.74) is 0.432. The first-order valence-electron chi connectivity index (χ1n) is 4.29.